The van der Waals surface area contributed by atoms with E-state index < -0.39 is 105 Å². The van der Waals surface area contributed by atoms with Gasteiger partial charge in [-0.15, -0.1) is 0 Å². The monoisotopic (exact) mass is 488 g/mol. The average Bonchev–Trinajstić information content (AvgIpc) is 2.79. The van der Waals surface area contributed by atoms with Crippen LogP contribution in [0, 0.1) is 0 Å². The van der Waals surface area contributed by atoms with Gasteiger partial charge in [0.1, 0.15) is 67.1 Å². The summed E-state index contributed by atoms with van der Waals surface area (Å²) in [6.45, 7) is 0.197. The fraction of sp³-hybridized carbons (Fsp3) is 1.00. The molecule has 0 unspecified atom stereocenters. The lowest BCUT2D eigenvalue weighted by atomic mass is 9.97. The smallest absolute Gasteiger partial charge is 0.187 e. The number of hydrogen-bond donors (Lipinski definition) is 10. The van der Waals surface area contributed by atoms with Gasteiger partial charge in [-0.1, -0.05) is 0 Å². The standard InChI is InChI=1S/C18H32O15/c1-4-7(20)10(23)13(26)17(30-4)29-3-6-9(22)11(24)14(27)18(32-6)33-15-12(25)8(21)5(2-19)31-16(15)28/h4-28H,2-3H2,1H3/t4-,5+,6+,7-,8+,9+,10+,11-,12-,13+,14+,15+,16+,17+,18-/m0/s1. The van der Waals surface area contributed by atoms with Crippen LogP contribution in [-0.2, 0) is 23.7 Å². The van der Waals surface area contributed by atoms with Gasteiger partial charge >= 0.3 is 0 Å². The number of ether oxygens (including phenoxy) is 5. The molecule has 15 nitrogen and oxygen atoms in total. The molecule has 33 heavy (non-hydrogen) atoms. The third-order valence-electron chi connectivity index (χ3n) is 6.04. The molecule has 3 fully saturated rings. The van der Waals surface area contributed by atoms with Crippen LogP contribution in [0.2, 0.25) is 0 Å². The van der Waals surface area contributed by atoms with Crippen molar-refractivity contribution in [1.29, 1.82) is 0 Å². The van der Waals surface area contributed by atoms with Crippen LogP contribution in [0.25, 0.3) is 0 Å². The molecule has 3 aliphatic heterocycles. The molecule has 0 aromatic rings. The van der Waals surface area contributed by atoms with E-state index >= 15 is 0 Å². The highest BCUT2D eigenvalue weighted by atomic mass is 16.7. The topological polar surface area (TPSA) is 248 Å². The number of aliphatic hydroxyl groups excluding tert-OH is 10. The minimum Gasteiger partial charge on any atom is -0.394 e. The van der Waals surface area contributed by atoms with Gasteiger partial charge in [-0.25, -0.2) is 0 Å². The molecule has 0 aromatic heterocycles. The van der Waals surface area contributed by atoms with Gasteiger partial charge < -0.3 is 74.7 Å². The van der Waals surface area contributed by atoms with Crippen molar-refractivity contribution in [2.75, 3.05) is 13.2 Å². The Kier molecular flexibility index (Phi) is 8.99. The zero-order valence-electron chi connectivity index (χ0n) is 17.6. The van der Waals surface area contributed by atoms with E-state index in [1.807, 2.05) is 0 Å². The van der Waals surface area contributed by atoms with Crippen molar-refractivity contribution in [2.45, 2.75) is 99.0 Å². The SMILES string of the molecule is C[C@@H]1O[C@@H](OC[C@H]2O[C@@H](O[C@@H]3[C@@H](O)[C@H](O)[C@@H](CO)O[C@H]3O)[C@H](O)[C@@H](O)[C@@H]2O)[C@H](O)[C@H](O)[C@H]1O. The number of aliphatic hydroxyl groups is 10. The quantitative estimate of drug-likeness (QED) is 0.167. The molecule has 10 N–H and O–H groups in total. The minimum atomic E-state index is -1.85. The van der Waals surface area contributed by atoms with E-state index in [0.29, 0.717) is 0 Å². The molecular weight excluding hydrogens is 456 g/mol. The third-order valence-corrected chi connectivity index (χ3v) is 6.04. The van der Waals surface area contributed by atoms with Gasteiger partial charge in [-0.2, -0.15) is 0 Å². The van der Waals surface area contributed by atoms with Gasteiger partial charge in [0.2, 0.25) is 0 Å². The Labute approximate surface area is 187 Å². The highest BCUT2D eigenvalue weighted by Crippen LogP contribution is 2.29. The molecule has 0 saturated carbocycles. The highest BCUT2D eigenvalue weighted by molar-refractivity contribution is 4.94. The van der Waals surface area contributed by atoms with E-state index in [9.17, 15) is 46.0 Å². The lowest BCUT2D eigenvalue weighted by Gasteiger charge is -2.45. The Bertz CT molecular complexity index is 626. The maximum atomic E-state index is 10.2. The second-order valence-electron chi connectivity index (χ2n) is 8.36. The first-order chi connectivity index (χ1) is 15.5. The first-order valence-corrected chi connectivity index (χ1v) is 10.4. The molecule has 15 atom stereocenters. The lowest BCUT2D eigenvalue weighted by Crippen LogP contribution is -2.64. The average molecular weight is 488 g/mol. The van der Waals surface area contributed by atoms with Gasteiger partial charge in [0.25, 0.3) is 0 Å². The highest BCUT2D eigenvalue weighted by Gasteiger charge is 2.51. The molecule has 0 aromatic carbocycles. The van der Waals surface area contributed by atoms with Crippen molar-refractivity contribution in [3.63, 3.8) is 0 Å². The van der Waals surface area contributed by atoms with Gasteiger partial charge in [-0.3, -0.25) is 0 Å². The molecule has 3 saturated heterocycles. The maximum absolute atomic E-state index is 10.2. The summed E-state index contributed by atoms with van der Waals surface area (Å²) >= 11 is 0. The molecule has 194 valence electrons. The normalized spacial score (nSPS) is 53.7. The van der Waals surface area contributed by atoms with E-state index in [1.165, 1.54) is 6.92 Å². The van der Waals surface area contributed by atoms with Gasteiger partial charge in [0.15, 0.2) is 18.9 Å². The van der Waals surface area contributed by atoms with Gasteiger partial charge in [0, 0.05) is 0 Å². The zero-order chi connectivity index (χ0) is 24.6. The summed E-state index contributed by atoms with van der Waals surface area (Å²) < 4.78 is 26.3. The van der Waals surface area contributed by atoms with E-state index in [4.69, 9.17) is 28.8 Å². The molecule has 0 bridgehead atoms. The van der Waals surface area contributed by atoms with E-state index in [2.05, 4.69) is 0 Å². The first-order valence-electron chi connectivity index (χ1n) is 10.4. The van der Waals surface area contributed by atoms with Crippen molar-refractivity contribution in [3.8, 4) is 0 Å². The third kappa shape index (κ3) is 5.48. The largest absolute Gasteiger partial charge is 0.394 e. The predicted molar refractivity (Wildman–Crippen MR) is 99.8 cm³/mol. The van der Waals surface area contributed by atoms with Crippen LogP contribution < -0.4 is 0 Å². The second kappa shape index (κ2) is 11.0. The second-order valence-corrected chi connectivity index (χ2v) is 8.36. The molecule has 15 heteroatoms. The molecule has 0 spiro atoms. The molecule has 0 radical (unpaired) electrons. The van der Waals surface area contributed by atoms with E-state index in [0.717, 1.165) is 0 Å². The maximum Gasteiger partial charge on any atom is 0.187 e. The molecule has 3 rings (SSSR count). The Morgan fingerprint density at radius 3 is 1.82 bits per heavy atom. The summed E-state index contributed by atoms with van der Waals surface area (Å²) in [5, 5.41) is 99.6. The number of rotatable bonds is 6. The summed E-state index contributed by atoms with van der Waals surface area (Å²) in [6, 6.07) is 0. The fourth-order valence-corrected chi connectivity index (χ4v) is 3.88. The number of hydrogen-bond acceptors (Lipinski definition) is 15. The molecule has 0 aliphatic carbocycles. The Morgan fingerprint density at radius 1 is 0.606 bits per heavy atom. The lowest BCUT2D eigenvalue weighted by molar-refractivity contribution is -0.367. The van der Waals surface area contributed by atoms with E-state index in [1.54, 1.807) is 0 Å². The van der Waals surface area contributed by atoms with Crippen LogP contribution in [0.3, 0.4) is 0 Å². The zero-order valence-corrected chi connectivity index (χ0v) is 17.6. The summed E-state index contributed by atoms with van der Waals surface area (Å²) in [6.07, 6.45) is -23.6. The van der Waals surface area contributed by atoms with Crippen molar-refractivity contribution in [3.05, 3.63) is 0 Å². The van der Waals surface area contributed by atoms with Crippen LogP contribution in [0.5, 0.6) is 0 Å². The first kappa shape index (κ1) is 27.0. The van der Waals surface area contributed by atoms with Crippen molar-refractivity contribution in [1.82, 2.24) is 0 Å². The van der Waals surface area contributed by atoms with Crippen molar-refractivity contribution < 1.29 is 74.7 Å². The molecular formula is C18H32O15. The predicted octanol–water partition coefficient (Wildman–Crippen LogP) is -6.55. The fourth-order valence-electron chi connectivity index (χ4n) is 3.88. The Hall–Kier alpha value is -0.600. The Morgan fingerprint density at radius 2 is 1.18 bits per heavy atom. The minimum absolute atomic E-state index is 0.538. The van der Waals surface area contributed by atoms with Crippen LogP contribution in [-0.4, -0.2) is 156 Å². The summed E-state index contributed by atoms with van der Waals surface area (Å²) in [4.78, 5) is 0. The molecule has 3 heterocycles. The molecule has 0 amide bonds. The van der Waals surface area contributed by atoms with Crippen LogP contribution in [0.4, 0.5) is 0 Å². The van der Waals surface area contributed by atoms with Gasteiger partial charge in [-0.05, 0) is 6.92 Å². The Balaban J connectivity index is 1.64. The summed E-state index contributed by atoms with van der Waals surface area (Å²) in [5.41, 5.74) is 0. The van der Waals surface area contributed by atoms with E-state index in [-0.39, 0.29) is 0 Å². The molecule has 3 aliphatic rings. The summed E-state index contributed by atoms with van der Waals surface area (Å²) in [5.74, 6) is 0. The van der Waals surface area contributed by atoms with Crippen molar-refractivity contribution in [2.24, 2.45) is 0 Å². The summed E-state index contributed by atoms with van der Waals surface area (Å²) in [7, 11) is 0. The van der Waals surface area contributed by atoms with Crippen molar-refractivity contribution >= 4 is 0 Å². The van der Waals surface area contributed by atoms with Crippen LogP contribution in [0.1, 0.15) is 6.92 Å². The van der Waals surface area contributed by atoms with Crippen LogP contribution in [0.15, 0.2) is 0 Å². The van der Waals surface area contributed by atoms with Gasteiger partial charge in [0.05, 0.1) is 19.3 Å². The van der Waals surface area contributed by atoms with Crippen LogP contribution >= 0.6 is 0 Å².